The van der Waals surface area contributed by atoms with Crippen molar-refractivity contribution in [3.05, 3.63) is 108 Å². The van der Waals surface area contributed by atoms with Crippen molar-refractivity contribution < 1.29 is 9.18 Å². The van der Waals surface area contributed by atoms with E-state index in [1.807, 2.05) is 23.1 Å². The van der Waals surface area contributed by atoms with Gasteiger partial charge in [-0.1, -0.05) is 60.7 Å². The maximum Gasteiger partial charge on any atom is 0.223 e. The predicted octanol–water partition coefficient (Wildman–Crippen LogP) is 6.80. The fourth-order valence-electron chi connectivity index (χ4n) is 5.58. The molecule has 3 aromatic carbocycles. The number of amides is 1. The van der Waals surface area contributed by atoms with E-state index in [9.17, 15) is 9.18 Å². The summed E-state index contributed by atoms with van der Waals surface area (Å²) in [7, 11) is 0. The molecule has 1 amide bonds. The number of fused-ring (bicyclic) bond motifs is 1. The Hall–Kier alpha value is -3.40. The van der Waals surface area contributed by atoms with E-state index in [1.54, 1.807) is 12.1 Å². The molecule has 35 heavy (non-hydrogen) atoms. The molecule has 1 saturated heterocycles. The molecule has 4 heteroatoms. The summed E-state index contributed by atoms with van der Waals surface area (Å²) in [6, 6.07) is 25.7. The summed E-state index contributed by atoms with van der Waals surface area (Å²) >= 11 is 0. The molecule has 180 valence electrons. The number of rotatable bonds is 7. The van der Waals surface area contributed by atoms with Crippen LogP contribution in [0.4, 0.5) is 4.39 Å². The van der Waals surface area contributed by atoms with Crippen LogP contribution >= 0.6 is 0 Å². The van der Waals surface area contributed by atoms with Gasteiger partial charge >= 0.3 is 0 Å². The molecule has 1 fully saturated rings. The van der Waals surface area contributed by atoms with Crippen LogP contribution in [0.3, 0.4) is 0 Å². The van der Waals surface area contributed by atoms with Gasteiger partial charge in [-0.05, 0) is 67.0 Å². The summed E-state index contributed by atoms with van der Waals surface area (Å²) in [5, 5.41) is 1.14. The summed E-state index contributed by atoms with van der Waals surface area (Å²) < 4.78 is 16.5. The highest BCUT2D eigenvalue weighted by atomic mass is 19.1. The monoisotopic (exact) mass is 468 g/mol. The van der Waals surface area contributed by atoms with Gasteiger partial charge in [-0.3, -0.25) is 4.79 Å². The quantitative estimate of drug-likeness (QED) is 0.293. The Bertz CT molecular complexity index is 1290. The molecule has 1 aromatic heterocycles. The second kappa shape index (κ2) is 10.5. The van der Waals surface area contributed by atoms with Crippen LogP contribution in [0.1, 0.15) is 48.8 Å². The average Bonchev–Trinajstić information content (AvgIpc) is 3.27. The molecule has 5 rings (SSSR count). The molecule has 4 aromatic rings. The first-order chi connectivity index (χ1) is 17.1. The number of aryl methyl sites for hydroxylation is 1. The number of carbonyl (C=O) groups is 1. The number of halogens is 1. The smallest absolute Gasteiger partial charge is 0.223 e. The standard InChI is InChI=1S/C31H33FN2O/c1-2-33-22-29(27-13-6-7-14-30(27)33)28(25-11-8-12-26(32)20-25)21-31(35)34-17-15-24(16-18-34)19-23-9-4-3-5-10-23/h3-14,20,22,24,28H,2,15-19,21H2,1H3. The molecule has 0 N–H and O–H groups in total. The van der Waals surface area contributed by atoms with E-state index in [1.165, 1.54) is 11.6 Å². The van der Waals surface area contributed by atoms with E-state index < -0.39 is 0 Å². The molecule has 2 heterocycles. The third-order valence-electron chi connectivity index (χ3n) is 7.50. The average molecular weight is 469 g/mol. The largest absolute Gasteiger partial charge is 0.347 e. The van der Waals surface area contributed by atoms with Crippen molar-refractivity contribution in [3.63, 3.8) is 0 Å². The lowest BCUT2D eigenvalue weighted by molar-refractivity contribution is -0.132. The summed E-state index contributed by atoms with van der Waals surface area (Å²) in [5.41, 5.74) is 4.48. The van der Waals surface area contributed by atoms with Crippen molar-refractivity contribution >= 4 is 16.8 Å². The number of likely N-dealkylation sites (tertiary alicyclic amines) is 1. The number of nitrogens with zero attached hydrogens (tertiary/aromatic N) is 2. The Morgan fingerprint density at radius 1 is 0.971 bits per heavy atom. The van der Waals surface area contributed by atoms with Gasteiger partial charge in [0.05, 0.1) is 0 Å². The minimum Gasteiger partial charge on any atom is -0.347 e. The van der Waals surface area contributed by atoms with E-state index >= 15 is 0 Å². The summed E-state index contributed by atoms with van der Waals surface area (Å²) in [6.45, 7) is 4.56. The second-order valence-electron chi connectivity index (χ2n) is 9.71. The molecule has 1 unspecified atom stereocenters. The molecule has 0 radical (unpaired) electrons. The minimum absolute atomic E-state index is 0.158. The van der Waals surface area contributed by atoms with Gasteiger partial charge in [0.15, 0.2) is 0 Å². The van der Waals surface area contributed by atoms with Crippen LogP contribution in [0.25, 0.3) is 10.9 Å². The molecule has 1 aliphatic heterocycles. The van der Waals surface area contributed by atoms with E-state index in [2.05, 4.69) is 60.2 Å². The van der Waals surface area contributed by atoms with E-state index in [0.29, 0.717) is 12.3 Å². The number of piperidine rings is 1. The van der Waals surface area contributed by atoms with Crippen molar-refractivity contribution in [2.75, 3.05) is 13.1 Å². The number of para-hydroxylation sites is 1. The number of benzene rings is 3. The lowest BCUT2D eigenvalue weighted by atomic mass is 9.86. The molecule has 0 bridgehead atoms. The third kappa shape index (κ3) is 5.17. The van der Waals surface area contributed by atoms with Crippen LogP contribution < -0.4 is 0 Å². The van der Waals surface area contributed by atoms with Crippen LogP contribution in [-0.4, -0.2) is 28.5 Å². The molecule has 0 spiro atoms. The topological polar surface area (TPSA) is 25.2 Å². The van der Waals surface area contributed by atoms with Gasteiger partial charge in [0.1, 0.15) is 5.82 Å². The van der Waals surface area contributed by atoms with Gasteiger partial charge in [0, 0.05) is 49.1 Å². The maximum atomic E-state index is 14.2. The van der Waals surface area contributed by atoms with Crippen LogP contribution in [0.5, 0.6) is 0 Å². The van der Waals surface area contributed by atoms with Crippen molar-refractivity contribution in [2.24, 2.45) is 5.92 Å². The van der Waals surface area contributed by atoms with Gasteiger partial charge in [-0.15, -0.1) is 0 Å². The van der Waals surface area contributed by atoms with Crippen LogP contribution in [0.2, 0.25) is 0 Å². The van der Waals surface area contributed by atoms with Crippen molar-refractivity contribution in [2.45, 2.75) is 45.1 Å². The lowest BCUT2D eigenvalue weighted by Gasteiger charge is -2.33. The van der Waals surface area contributed by atoms with E-state index in [0.717, 1.165) is 60.9 Å². The van der Waals surface area contributed by atoms with Gasteiger partial charge in [-0.2, -0.15) is 0 Å². The zero-order valence-corrected chi connectivity index (χ0v) is 20.4. The molecule has 1 aliphatic rings. The van der Waals surface area contributed by atoms with Gasteiger partial charge < -0.3 is 9.47 Å². The fraction of sp³-hybridized carbons (Fsp3) is 0.323. The Morgan fingerprint density at radius 2 is 1.71 bits per heavy atom. The number of hydrogen-bond acceptors (Lipinski definition) is 1. The zero-order chi connectivity index (χ0) is 24.2. The van der Waals surface area contributed by atoms with Crippen molar-refractivity contribution in [1.82, 2.24) is 9.47 Å². The Balaban J connectivity index is 1.36. The SMILES string of the molecule is CCn1cc(C(CC(=O)N2CCC(Cc3ccccc3)CC2)c2cccc(F)c2)c2ccccc21. The number of carbonyl (C=O) groups excluding carboxylic acids is 1. The molecule has 3 nitrogen and oxygen atoms in total. The Morgan fingerprint density at radius 3 is 2.46 bits per heavy atom. The van der Waals surface area contributed by atoms with Crippen molar-refractivity contribution in [1.29, 1.82) is 0 Å². The molecule has 0 saturated carbocycles. The van der Waals surface area contributed by atoms with Crippen LogP contribution in [0.15, 0.2) is 85.1 Å². The fourth-order valence-corrected chi connectivity index (χ4v) is 5.58. The number of hydrogen-bond donors (Lipinski definition) is 0. The van der Waals surface area contributed by atoms with Crippen LogP contribution in [0, 0.1) is 11.7 Å². The molecule has 0 aliphatic carbocycles. The summed E-state index contributed by atoms with van der Waals surface area (Å²) in [4.78, 5) is 15.6. The van der Waals surface area contributed by atoms with E-state index in [-0.39, 0.29) is 17.6 Å². The molecular weight excluding hydrogens is 435 g/mol. The third-order valence-corrected chi connectivity index (χ3v) is 7.50. The zero-order valence-electron chi connectivity index (χ0n) is 20.4. The van der Waals surface area contributed by atoms with Gasteiger partial charge in [0.25, 0.3) is 0 Å². The number of aromatic nitrogens is 1. The molecular formula is C31H33FN2O. The first kappa shape index (κ1) is 23.3. The summed E-state index contributed by atoms with van der Waals surface area (Å²) in [5.74, 6) is 0.326. The van der Waals surface area contributed by atoms with Crippen LogP contribution in [-0.2, 0) is 17.8 Å². The lowest BCUT2D eigenvalue weighted by Crippen LogP contribution is -2.39. The van der Waals surface area contributed by atoms with E-state index in [4.69, 9.17) is 0 Å². The second-order valence-corrected chi connectivity index (χ2v) is 9.71. The Kier molecular flexibility index (Phi) is 6.98. The first-order valence-corrected chi connectivity index (χ1v) is 12.8. The first-order valence-electron chi connectivity index (χ1n) is 12.8. The van der Waals surface area contributed by atoms with Gasteiger partial charge in [0.2, 0.25) is 5.91 Å². The highest BCUT2D eigenvalue weighted by molar-refractivity contribution is 5.86. The maximum absolute atomic E-state index is 14.2. The molecule has 1 atom stereocenters. The normalized spacial score (nSPS) is 15.4. The Labute approximate surface area is 207 Å². The highest BCUT2D eigenvalue weighted by Crippen LogP contribution is 2.36. The van der Waals surface area contributed by atoms with Crippen molar-refractivity contribution in [3.8, 4) is 0 Å². The highest BCUT2D eigenvalue weighted by Gasteiger charge is 2.28. The predicted molar refractivity (Wildman–Crippen MR) is 140 cm³/mol. The summed E-state index contributed by atoms with van der Waals surface area (Å²) in [6.07, 6.45) is 5.64. The van der Waals surface area contributed by atoms with Gasteiger partial charge in [-0.25, -0.2) is 4.39 Å². The minimum atomic E-state index is -0.263.